The topological polar surface area (TPSA) is 25.8 Å². The fourth-order valence-corrected chi connectivity index (χ4v) is 0.827. The third-order valence-corrected chi connectivity index (χ3v) is 1.84. The average Bonchev–Trinajstić information content (AvgIpc) is 1.92. The van der Waals surface area contributed by atoms with Gasteiger partial charge in [0.15, 0.2) is 0 Å². The SMILES string of the molecule is Cc1n[c-]c(C(C)(C)C)nc1C.[Y]. The molecule has 0 aromatic carbocycles. The maximum atomic E-state index is 4.43. The summed E-state index contributed by atoms with van der Waals surface area (Å²) >= 11 is 0. The van der Waals surface area contributed by atoms with E-state index < -0.39 is 0 Å². The van der Waals surface area contributed by atoms with E-state index in [4.69, 9.17) is 0 Å². The molecule has 3 heteroatoms. The summed E-state index contributed by atoms with van der Waals surface area (Å²) in [5, 5.41) is 0. The Morgan fingerprint density at radius 3 is 2.00 bits per heavy atom. The summed E-state index contributed by atoms with van der Waals surface area (Å²) < 4.78 is 0. The molecule has 0 N–H and O–H groups in total. The van der Waals surface area contributed by atoms with Crippen molar-refractivity contribution in [2.45, 2.75) is 40.0 Å². The van der Waals surface area contributed by atoms with Crippen molar-refractivity contribution in [2.75, 3.05) is 0 Å². The molecule has 1 radical (unpaired) electrons. The van der Waals surface area contributed by atoms with Crippen LogP contribution in [-0.2, 0) is 38.1 Å². The van der Waals surface area contributed by atoms with Crippen molar-refractivity contribution < 1.29 is 32.7 Å². The first kappa shape index (κ1) is 13.2. The summed E-state index contributed by atoms with van der Waals surface area (Å²) in [7, 11) is 0. The Bertz CT molecular complexity index is 289. The molecule has 0 spiro atoms. The van der Waals surface area contributed by atoms with Crippen LogP contribution in [0.2, 0.25) is 0 Å². The molecule has 0 saturated heterocycles. The Morgan fingerprint density at radius 2 is 1.62 bits per heavy atom. The second kappa shape index (κ2) is 4.61. The van der Waals surface area contributed by atoms with Crippen molar-refractivity contribution in [3.8, 4) is 0 Å². The van der Waals surface area contributed by atoms with Gasteiger partial charge in [-0.2, -0.15) is 0 Å². The molecular formula is C10H15N2Y-. The summed E-state index contributed by atoms with van der Waals surface area (Å²) in [5.41, 5.74) is 2.94. The van der Waals surface area contributed by atoms with Gasteiger partial charge >= 0.3 is 0 Å². The van der Waals surface area contributed by atoms with E-state index in [0.29, 0.717) is 0 Å². The van der Waals surface area contributed by atoms with Gasteiger partial charge in [-0.3, -0.25) is 4.98 Å². The molecule has 0 aliphatic heterocycles. The second-order valence-corrected chi connectivity index (χ2v) is 4.10. The van der Waals surface area contributed by atoms with Crippen molar-refractivity contribution in [3.63, 3.8) is 0 Å². The van der Waals surface area contributed by atoms with Crippen LogP contribution in [0.4, 0.5) is 0 Å². The normalized spacial score (nSPS) is 10.8. The van der Waals surface area contributed by atoms with Crippen LogP contribution in [0.15, 0.2) is 0 Å². The molecule has 2 nitrogen and oxygen atoms in total. The molecule has 0 bridgehead atoms. The van der Waals surface area contributed by atoms with Gasteiger partial charge in [-0.25, -0.2) is 0 Å². The molecule has 1 aromatic heterocycles. The van der Waals surface area contributed by atoms with Gasteiger partial charge in [-0.15, -0.1) is 6.20 Å². The van der Waals surface area contributed by atoms with E-state index in [-0.39, 0.29) is 38.1 Å². The van der Waals surface area contributed by atoms with Crippen LogP contribution >= 0.6 is 0 Å². The van der Waals surface area contributed by atoms with Gasteiger partial charge in [0.1, 0.15) is 0 Å². The van der Waals surface area contributed by atoms with Crippen LogP contribution in [0.3, 0.4) is 0 Å². The molecule has 1 rings (SSSR count). The monoisotopic (exact) mass is 252 g/mol. The number of aromatic nitrogens is 2. The van der Waals surface area contributed by atoms with Crippen molar-refractivity contribution >= 4 is 0 Å². The smallest absolute Gasteiger partial charge is 0 e. The Balaban J connectivity index is 0.00000144. The summed E-state index contributed by atoms with van der Waals surface area (Å²) in [6, 6.07) is 0. The second-order valence-electron chi connectivity index (χ2n) is 4.10. The van der Waals surface area contributed by atoms with Crippen LogP contribution in [0.1, 0.15) is 37.9 Å². The zero-order valence-electron chi connectivity index (χ0n) is 8.97. The standard InChI is InChI=1S/C10H15N2.Y/c1-7-8(2)12-9(6-11-7)10(3,4)5;/h1-5H3;/q-1;. The molecule has 0 fully saturated rings. The van der Waals surface area contributed by atoms with E-state index in [9.17, 15) is 0 Å². The fraction of sp³-hybridized carbons (Fsp3) is 0.600. The minimum Gasteiger partial charge on any atom is -0.453 e. The van der Waals surface area contributed by atoms with Gasteiger partial charge in [0, 0.05) is 32.7 Å². The first-order valence-electron chi connectivity index (χ1n) is 4.14. The molecule has 0 amide bonds. The first-order chi connectivity index (χ1) is 5.41. The molecule has 1 aromatic rings. The predicted molar refractivity (Wildman–Crippen MR) is 49.0 cm³/mol. The quantitative estimate of drug-likeness (QED) is 0.661. The van der Waals surface area contributed by atoms with Gasteiger partial charge in [-0.05, 0) is 23.7 Å². The van der Waals surface area contributed by atoms with Gasteiger partial charge < -0.3 is 4.98 Å². The molecule has 0 unspecified atom stereocenters. The maximum Gasteiger partial charge on any atom is 0 e. The molecule has 0 saturated carbocycles. The van der Waals surface area contributed by atoms with Crippen LogP contribution < -0.4 is 0 Å². The van der Waals surface area contributed by atoms with Crippen molar-refractivity contribution in [3.05, 3.63) is 23.3 Å². The number of hydrogen-bond donors (Lipinski definition) is 0. The maximum absolute atomic E-state index is 4.43. The van der Waals surface area contributed by atoms with Gasteiger partial charge in [-0.1, -0.05) is 33.4 Å². The van der Waals surface area contributed by atoms with E-state index in [0.717, 1.165) is 17.1 Å². The van der Waals surface area contributed by atoms with Gasteiger partial charge in [0.25, 0.3) is 0 Å². The number of hydrogen-bond acceptors (Lipinski definition) is 2. The van der Waals surface area contributed by atoms with E-state index >= 15 is 0 Å². The average molecular weight is 252 g/mol. The molecule has 0 aliphatic carbocycles. The predicted octanol–water partition coefficient (Wildman–Crippen LogP) is 2.19. The van der Waals surface area contributed by atoms with Crippen molar-refractivity contribution in [2.24, 2.45) is 0 Å². The fourth-order valence-electron chi connectivity index (χ4n) is 0.827. The van der Waals surface area contributed by atoms with E-state index in [1.165, 1.54) is 0 Å². The van der Waals surface area contributed by atoms with E-state index in [1.54, 1.807) is 0 Å². The third-order valence-electron chi connectivity index (χ3n) is 1.84. The largest absolute Gasteiger partial charge is 0.453 e. The molecule has 69 valence electrons. The summed E-state index contributed by atoms with van der Waals surface area (Å²) in [5.74, 6) is 0. The van der Waals surface area contributed by atoms with Crippen molar-refractivity contribution in [1.82, 2.24) is 9.97 Å². The Hall–Kier alpha value is 0.184. The first-order valence-corrected chi connectivity index (χ1v) is 4.14. The van der Waals surface area contributed by atoms with Crippen LogP contribution in [-0.4, -0.2) is 9.97 Å². The Morgan fingerprint density at radius 1 is 1.08 bits per heavy atom. The van der Waals surface area contributed by atoms with E-state index in [2.05, 4.69) is 36.9 Å². The molecule has 0 atom stereocenters. The molecule has 13 heavy (non-hydrogen) atoms. The molecule has 0 aliphatic rings. The van der Waals surface area contributed by atoms with Crippen molar-refractivity contribution in [1.29, 1.82) is 0 Å². The Labute approximate surface area is 105 Å². The molecular weight excluding hydrogens is 237 g/mol. The zero-order chi connectivity index (χ0) is 9.35. The number of aryl methyl sites for hydroxylation is 2. The van der Waals surface area contributed by atoms with E-state index in [1.807, 2.05) is 13.8 Å². The summed E-state index contributed by atoms with van der Waals surface area (Å²) in [6.07, 6.45) is 2.96. The molecule has 1 heterocycles. The Kier molecular flexibility index (Phi) is 4.67. The number of nitrogens with zero attached hydrogens (tertiary/aromatic N) is 2. The zero-order valence-corrected chi connectivity index (χ0v) is 11.8. The van der Waals surface area contributed by atoms with Crippen LogP contribution in [0.5, 0.6) is 0 Å². The van der Waals surface area contributed by atoms with Gasteiger partial charge in [0.05, 0.1) is 0 Å². The summed E-state index contributed by atoms with van der Waals surface area (Å²) in [4.78, 5) is 8.58. The van der Waals surface area contributed by atoms with Gasteiger partial charge in [0.2, 0.25) is 0 Å². The van der Waals surface area contributed by atoms with Crippen LogP contribution in [0, 0.1) is 20.0 Å². The summed E-state index contributed by atoms with van der Waals surface area (Å²) in [6.45, 7) is 10.3. The third kappa shape index (κ3) is 3.43. The minimum atomic E-state index is 0. The number of rotatable bonds is 0. The minimum absolute atomic E-state index is 0. The van der Waals surface area contributed by atoms with Crippen LogP contribution in [0.25, 0.3) is 0 Å².